The summed E-state index contributed by atoms with van der Waals surface area (Å²) in [5.74, 6) is -0.671. The number of aliphatic carboxylic acids is 1. The number of methoxy groups -OCH3 is 2. The first-order chi connectivity index (χ1) is 11.6. The van der Waals surface area contributed by atoms with Gasteiger partial charge in [0.2, 0.25) is 5.91 Å². The minimum Gasteiger partial charge on any atom is -0.493 e. The molecule has 0 aromatic heterocycles. The standard InChI is InChI=1S/C18H25NO5/c1-23-15-8-7-12(11-16(15)24-2)9-10-19-17(20)13-5-3-4-6-14(13)18(21)22/h7-8,11,13-14H,3-6,9-10H2,1-2H3,(H,19,20)(H,21,22)/t13-,14+/m1/s1. The summed E-state index contributed by atoms with van der Waals surface area (Å²) in [4.78, 5) is 23.6. The summed E-state index contributed by atoms with van der Waals surface area (Å²) in [5, 5.41) is 12.1. The maximum absolute atomic E-state index is 12.3. The zero-order valence-electron chi connectivity index (χ0n) is 14.2. The second-order valence-corrected chi connectivity index (χ2v) is 6.07. The zero-order chi connectivity index (χ0) is 17.5. The van der Waals surface area contributed by atoms with Gasteiger partial charge in [-0.05, 0) is 37.0 Å². The number of rotatable bonds is 7. The van der Waals surface area contributed by atoms with Gasteiger partial charge in [0, 0.05) is 6.54 Å². The smallest absolute Gasteiger partial charge is 0.307 e. The van der Waals surface area contributed by atoms with Crippen LogP contribution >= 0.6 is 0 Å². The first-order valence-corrected chi connectivity index (χ1v) is 8.28. The highest BCUT2D eigenvalue weighted by Gasteiger charge is 2.35. The highest BCUT2D eigenvalue weighted by molar-refractivity contribution is 5.84. The number of carboxylic acids is 1. The van der Waals surface area contributed by atoms with Crippen LogP contribution in [0, 0.1) is 11.8 Å². The van der Waals surface area contributed by atoms with Crippen LogP contribution in [-0.2, 0) is 16.0 Å². The number of benzene rings is 1. The summed E-state index contributed by atoms with van der Waals surface area (Å²) in [5.41, 5.74) is 1.02. The molecule has 0 radical (unpaired) electrons. The van der Waals surface area contributed by atoms with Gasteiger partial charge in [-0.25, -0.2) is 0 Å². The molecule has 0 bridgehead atoms. The Hall–Kier alpha value is -2.24. The van der Waals surface area contributed by atoms with E-state index in [1.54, 1.807) is 14.2 Å². The number of nitrogens with one attached hydrogen (secondary N) is 1. The molecule has 6 nitrogen and oxygen atoms in total. The molecule has 0 unspecified atom stereocenters. The van der Waals surface area contributed by atoms with Crippen molar-refractivity contribution >= 4 is 11.9 Å². The van der Waals surface area contributed by atoms with Crippen LogP contribution in [-0.4, -0.2) is 37.7 Å². The molecule has 1 fully saturated rings. The Morgan fingerprint density at radius 3 is 2.42 bits per heavy atom. The SMILES string of the molecule is COc1ccc(CCNC(=O)[C@@H]2CCCC[C@@H]2C(=O)O)cc1OC. The van der Waals surface area contributed by atoms with Crippen molar-refractivity contribution in [3.63, 3.8) is 0 Å². The molecule has 1 aliphatic carbocycles. The second-order valence-electron chi connectivity index (χ2n) is 6.07. The summed E-state index contributed by atoms with van der Waals surface area (Å²) in [7, 11) is 3.17. The largest absolute Gasteiger partial charge is 0.493 e. The van der Waals surface area contributed by atoms with E-state index in [0.29, 0.717) is 37.3 Å². The van der Waals surface area contributed by atoms with Gasteiger partial charge in [-0.3, -0.25) is 9.59 Å². The van der Waals surface area contributed by atoms with Crippen molar-refractivity contribution in [2.75, 3.05) is 20.8 Å². The van der Waals surface area contributed by atoms with Gasteiger partial charge >= 0.3 is 5.97 Å². The van der Waals surface area contributed by atoms with Crippen LogP contribution in [0.2, 0.25) is 0 Å². The molecule has 0 aliphatic heterocycles. The van der Waals surface area contributed by atoms with Crippen molar-refractivity contribution in [3.8, 4) is 11.5 Å². The lowest BCUT2D eigenvalue weighted by molar-refractivity contribution is -0.148. The molecular weight excluding hydrogens is 310 g/mol. The van der Waals surface area contributed by atoms with E-state index in [4.69, 9.17) is 9.47 Å². The third-order valence-electron chi connectivity index (χ3n) is 4.58. The summed E-state index contributed by atoms with van der Waals surface area (Å²) in [6.45, 7) is 0.469. The van der Waals surface area contributed by atoms with Crippen LogP contribution in [0.1, 0.15) is 31.2 Å². The molecule has 1 amide bonds. The third-order valence-corrected chi connectivity index (χ3v) is 4.58. The Bertz CT molecular complexity index is 587. The Morgan fingerprint density at radius 1 is 1.12 bits per heavy atom. The van der Waals surface area contributed by atoms with Gasteiger partial charge in [-0.2, -0.15) is 0 Å². The topological polar surface area (TPSA) is 84.9 Å². The molecule has 132 valence electrons. The number of hydrogen-bond acceptors (Lipinski definition) is 4. The maximum Gasteiger partial charge on any atom is 0.307 e. The average Bonchev–Trinajstić information content (AvgIpc) is 2.61. The highest BCUT2D eigenvalue weighted by atomic mass is 16.5. The Kier molecular flexibility index (Phi) is 6.46. The van der Waals surface area contributed by atoms with Gasteiger partial charge in [-0.15, -0.1) is 0 Å². The number of amides is 1. The fourth-order valence-electron chi connectivity index (χ4n) is 3.24. The van der Waals surface area contributed by atoms with Crippen molar-refractivity contribution in [2.45, 2.75) is 32.1 Å². The summed E-state index contributed by atoms with van der Waals surface area (Å²) >= 11 is 0. The predicted molar refractivity (Wildman–Crippen MR) is 89.3 cm³/mol. The van der Waals surface area contributed by atoms with Crippen LogP contribution in [0.5, 0.6) is 11.5 Å². The van der Waals surface area contributed by atoms with Gasteiger partial charge in [0.15, 0.2) is 11.5 Å². The fourth-order valence-corrected chi connectivity index (χ4v) is 3.24. The van der Waals surface area contributed by atoms with Gasteiger partial charge in [0.25, 0.3) is 0 Å². The molecule has 0 spiro atoms. The summed E-state index contributed by atoms with van der Waals surface area (Å²) < 4.78 is 10.5. The van der Waals surface area contributed by atoms with E-state index >= 15 is 0 Å². The summed E-state index contributed by atoms with van der Waals surface area (Å²) in [6.07, 6.45) is 3.68. The molecule has 0 heterocycles. The summed E-state index contributed by atoms with van der Waals surface area (Å²) in [6, 6.07) is 5.64. The molecule has 1 aromatic rings. The number of hydrogen-bond donors (Lipinski definition) is 2. The maximum atomic E-state index is 12.3. The van der Waals surface area contributed by atoms with Crippen molar-refractivity contribution < 1.29 is 24.2 Å². The minimum absolute atomic E-state index is 0.150. The van der Waals surface area contributed by atoms with E-state index in [1.807, 2.05) is 18.2 Å². The van der Waals surface area contributed by atoms with E-state index < -0.39 is 17.8 Å². The molecule has 2 rings (SSSR count). The zero-order valence-corrected chi connectivity index (χ0v) is 14.2. The Balaban J connectivity index is 1.89. The highest BCUT2D eigenvalue weighted by Crippen LogP contribution is 2.30. The van der Waals surface area contributed by atoms with Crippen molar-refractivity contribution in [2.24, 2.45) is 11.8 Å². The minimum atomic E-state index is -0.866. The Labute approximate surface area is 142 Å². The Morgan fingerprint density at radius 2 is 1.79 bits per heavy atom. The van der Waals surface area contributed by atoms with Crippen molar-refractivity contribution in [3.05, 3.63) is 23.8 Å². The van der Waals surface area contributed by atoms with Gasteiger partial charge in [-0.1, -0.05) is 18.9 Å². The lowest BCUT2D eigenvalue weighted by Crippen LogP contribution is -2.40. The molecule has 0 saturated heterocycles. The molecule has 1 aliphatic rings. The molecular formula is C18H25NO5. The van der Waals surface area contributed by atoms with E-state index in [1.165, 1.54) is 0 Å². The first kappa shape index (κ1) is 18.1. The van der Waals surface area contributed by atoms with E-state index in [0.717, 1.165) is 18.4 Å². The van der Waals surface area contributed by atoms with E-state index in [9.17, 15) is 14.7 Å². The van der Waals surface area contributed by atoms with E-state index in [2.05, 4.69) is 5.32 Å². The predicted octanol–water partition coefficient (Wildman–Crippen LogP) is 2.25. The normalized spacial score (nSPS) is 20.2. The second kappa shape index (κ2) is 8.57. The molecule has 2 atom stereocenters. The monoisotopic (exact) mass is 335 g/mol. The quantitative estimate of drug-likeness (QED) is 0.798. The van der Waals surface area contributed by atoms with Crippen molar-refractivity contribution in [1.29, 1.82) is 0 Å². The third kappa shape index (κ3) is 4.40. The van der Waals surface area contributed by atoms with Crippen LogP contribution in [0.25, 0.3) is 0 Å². The molecule has 2 N–H and O–H groups in total. The van der Waals surface area contributed by atoms with E-state index in [-0.39, 0.29) is 5.91 Å². The molecule has 1 saturated carbocycles. The van der Waals surface area contributed by atoms with Gasteiger partial charge in [0.05, 0.1) is 26.1 Å². The molecule has 6 heteroatoms. The van der Waals surface area contributed by atoms with Gasteiger partial charge in [0.1, 0.15) is 0 Å². The number of carboxylic acid groups (broad SMARTS) is 1. The molecule has 1 aromatic carbocycles. The fraction of sp³-hybridized carbons (Fsp3) is 0.556. The lowest BCUT2D eigenvalue weighted by atomic mass is 9.78. The van der Waals surface area contributed by atoms with Crippen LogP contribution < -0.4 is 14.8 Å². The first-order valence-electron chi connectivity index (χ1n) is 8.28. The van der Waals surface area contributed by atoms with Crippen LogP contribution in [0.4, 0.5) is 0 Å². The number of carbonyl (C=O) groups is 2. The average molecular weight is 335 g/mol. The lowest BCUT2D eigenvalue weighted by Gasteiger charge is -2.27. The number of ether oxygens (including phenoxy) is 2. The van der Waals surface area contributed by atoms with Crippen LogP contribution in [0.3, 0.4) is 0 Å². The van der Waals surface area contributed by atoms with Crippen molar-refractivity contribution in [1.82, 2.24) is 5.32 Å². The molecule has 24 heavy (non-hydrogen) atoms. The van der Waals surface area contributed by atoms with Gasteiger partial charge < -0.3 is 19.9 Å². The van der Waals surface area contributed by atoms with Crippen LogP contribution in [0.15, 0.2) is 18.2 Å². The number of carbonyl (C=O) groups excluding carboxylic acids is 1.